The molecule has 6 heteroatoms. The maximum atomic E-state index is 11.8. The second-order valence-electron chi connectivity index (χ2n) is 5.48. The van der Waals surface area contributed by atoms with Gasteiger partial charge in [-0.25, -0.2) is 5.43 Å². The van der Waals surface area contributed by atoms with Gasteiger partial charge in [0.25, 0.3) is 5.91 Å². The minimum absolute atomic E-state index is 0.107. The van der Waals surface area contributed by atoms with Crippen LogP contribution in [0.4, 0.5) is 0 Å². The number of benzene rings is 2. The molecule has 1 N–H and O–H groups in total. The van der Waals surface area contributed by atoms with Crippen LogP contribution in [-0.4, -0.2) is 18.7 Å². The van der Waals surface area contributed by atoms with Crippen LogP contribution in [0.2, 0.25) is 0 Å². The predicted octanol–water partition coefficient (Wildman–Crippen LogP) is 4.86. The monoisotopic (exact) mass is 452 g/mol. The summed E-state index contributed by atoms with van der Waals surface area (Å²) in [6.45, 7) is 4.18. The van der Waals surface area contributed by atoms with Gasteiger partial charge in [-0.3, -0.25) is 4.79 Å². The maximum absolute atomic E-state index is 11.8. The first-order chi connectivity index (χ1) is 11.5. The molecule has 24 heavy (non-hydrogen) atoms. The molecule has 0 atom stereocenters. The van der Waals surface area contributed by atoms with E-state index in [9.17, 15) is 4.79 Å². The van der Waals surface area contributed by atoms with Gasteiger partial charge in [0.1, 0.15) is 5.75 Å². The maximum Gasteiger partial charge on any atom is 0.277 e. The van der Waals surface area contributed by atoms with Gasteiger partial charge in [-0.1, -0.05) is 54.0 Å². The van der Waals surface area contributed by atoms with Gasteiger partial charge in [-0.2, -0.15) is 5.10 Å². The van der Waals surface area contributed by atoms with E-state index in [1.165, 1.54) is 5.56 Å². The fraction of sp³-hybridized carbons (Fsp3) is 0.222. The van der Waals surface area contributed by atoms with Gasteiger partial charge in [0.2, 0.25) is 0 Å². The lowest BCUT2D eigenvalue weighted by Gasteiger charge is -2.07. The van der Waals surface area contributed by atoms with Crippen LogP contribution < -0.4 is 10.2 Å². The van der Waals surface area contributed by atoms with E-state index in [1.54, 1.807) is 12.3 Å². The Kier molecular flexibility index (Phi) is 6.99. The van der Waals surface area contributed by atoms with E-state index in [4.69, 9.17) is 4.74 Å². The lowest BCUT2D eigenvalue weighted by atomic mass is 10.0. The van der Waals surface area contributed by atoms with Crippen molar-refractivity contribution in [2.45, 2.75) is 19.8 Å². The molecule has 2 aromatic rings. The van der Waals surface area contributed by atoms with Crippen LogP contribution >= 0.6 is 31.9 Å². The van der Waals surface area contributed by atoms with Crippen LogP contribution in [0.3, 0.4) is 0 Å². The van der Waals surface area contributed by atoms with Crippen molar-refractivity contribution in [3.63, 3.8) is 0 Å². The number of carbonyl (C=O) groups excluding carboxylic acids is 1. The summed E-state index contributed by atoms with van der Waals surface area (Å²) < 4.78 is 7.15. The largest absolute Gasteiger partial charge is 0.483 e. The molecule has 4 nitrogen and oxygen atoms in total. The van der Waals surface area contributed by atoms with E-state index < -0.39 is 0 Å². The highest BCUT2D eigenvalue weighted by atomic mass is 79.9. The number of hydrazone groups is 1. The van der Waals surface area contributed by atoms with Crippen LogP contribution in [0.1, 0.15) is 30.9 Å². The summed E-state index contributed by atoms with van der Waals surface area (Å²) in [6, 6.07) is 13.5. The Morgan fingerprint density at radius 2 is 1.92 bits per heavy atom. The number of carbonyl (C=O) groups is 1. The first kappa shape index (κ1) is 18.7. The van der Waals surface area contributed by atoms with Crippen molar-refractivity contribution in [3.05, 3.63) is 62.5 Å². The molecule has 0 radical (unpaired) electrons. The zero-order chi connectivity index (χ0) is 17.5. The molecule has 0 aliphatic heterocycles. The summed E-state index contributed by atoms with van der Waals surface area (Å²) in [6.07, 6.45) is 1.61. The molecule has 0 saturated carbocycles. The predicted molar refractivity (Wildman–Crippen MR) is 104 cm³/mol. The highest BCUT2D eigenvalue weighted by molar-refractivity contribution is 9.11. The topological polar surface area (TPSA) is 50.7 Å². The molecule has 0 aliphatic carbocycles. The fourth-order valence-corrected chi connectivity index (χ4v) is 3.08. The van der Waals surface area contributed by atoms with E-state index >= 15 is 0 Å². The fourth-order valence-electron chi connectivity index (χ4n) is 1.91. The van der Waals surface area contributed by atoms with E-state index in [1.807, 2.05) is 24.3 Å². The number of halogens is 2. The van der Waals surface area contributed by atoms with Gasteiger partial charge < -0.3 is 4.74 Å². The average molecular weight is 454 g/mol. The lowest BCUT2D eigenvalue weighted by molar-refractivity contribution is -0.123. The minimum atomic E-state index is -0.320. The van der Waals surface area contributed by atoms with Crippen LogP contribution in [0.15, 0.2) is 56.5 Å². The SMILES string of the molecule is CC(C)c1ccc(C=NNC(=O)COc2ccc(Br)cc2Br)cc1. The molecule has 2 aromatic carbocycles. The molecule has 126 valence electrons. The second kappa shape index (κ2) is 8.99. The zero-order valence-electron chi connectivity index (χ0n) is 13.4. The number of hydrogen-bond acceptors (Lipinski definition) is 3. The molecule has 0 unspecified atom stereocenters. The van der Waals surface area contributed by atoms with Crippen molar-refractivity contribution in [2.75, 3.05) is 6.61 Å². The van der Waals surface area contributed by atoms with Gasteiger partial charge in [0.15, 0.2) is 6.61 Å². The van der Waals surface area contributed by atoms with Gasteiger partial charge >= 0.3 is 0 Å². The molecule has 0 aromatic heterocycles. The third-order valence-electron chi connectivity index (χ3n) is 3.26. The van der Waals surface area contributed by atoms with E-state index in [0.717, 1.165) is 14.5 Å². The second-order valence-corrected chi connectivity index (χ2v) is 7.25. The summed E-state index contributed by atoms with van der Waals surface area (Å²) in [5, 5.41) is 3.94. The molecule has 0 heterocycles. The Morgan fingerprint density at radius 3 is 2.54 bits per heavy atom. The third kappa shape index (κ3) is 5.76. The molecule has 0 spiro atoms. The van der Waals surface area contributed by atoms with Crippen LogP contribution in [0, 0.1) is 0 Å². The van der Waals surface area contributed by atoms with Crippen molar-refractivity contribution in [1.82, 2.24) is 5.43 Å². The van der Waals surface area contributed by atoms with Crippen LogP contribution in [0.25, 0.3) is 0 Å². The first-order valence-corrected chi connectivity index (χ1v) is 9.04. The van der Waals surface area contributed by atoms with Crippen molar-refractivity contribution in [1.29, 1.82) is 0 Å². The summed E-state index contributed by atoms with van der Waals surface area (Å²) >= 11 is 6.74. The quantitative estimate of drug-likeness (QED) is 0.501. The number of nitrogens with one attached hydrogen (secondary N) is 1. The molecule has 0 bridgehead atoms. The zero-order valence-corrected chi connectivity index (χ0v) is 16.6. The normalized spacial score (nSPS) is 11.0. The number of ether oxygens (including phenoxy) is 1. The number of hydrogen-bond donors (Lipinski definition) is 1. The standard InChI is InChI=1S/C18H18Br2N2O2/c1-12(2)14-5-3-13(4-6-14)10-21-22-18(23)11-24-17-8-7-15(19)9-16(17)20/h3-10,12H,11H2,1-2H3,(H,22,23). The molecule has 0 saturated heterocycles. The molecule has 0 aliphatic rings. The van der Waals surface area contributed by atoms with Gasteiger partial charge in [0.05, 0.1) is 10.7 Å². The van der Waals surface area contributed by atoms with E-state index in [-0.39, 0.29) is 12.5 Å². The average Bonchev–Trinajstić information content (AvgIpc) is 2.54. The number of amides is 1. The Labute approximate surface area is 158 Å². The number of nitrogens with zero attached hydrogens (tertiary/aromatic N) is 1. The van der Waals surface area contributed by atoms with Crippen molar-refractivity contribution in [2.24, 2.45) is 5.10 Å². The summed E-state index contributed by atoms with van der Waals surface area (Å²) in [5.41, 5.74) is 4.65. The van der Waals surface area contributed by atoms with Gasteiger partial charge in [-0.15, -0.1) is 0 Å². The Hall–Kier alpha value is -1.66. The van der Waals surface area contributed by atoms with Crippen molar-refractivity contribution in [3.8, 4) is 5.75 Å². The molecule has 1 amide bonds. The van der Waals surface area contributed by atoms with E-state index in [2.05, 4.69) is 68.4 Å². The Morgan fingerprint density at radius 1 is 1.21 bits per heavy atom. The van der Waals surface area contributed by atoms with Crippen molar-refractivity contribution < 1.29 is 9.53 Å². The highest BCUT2D eigenvalue weighted by Crippen LogP contribution is 2.28. The summed E-state index contributed by atoms with van der Waals surface area (Å²) in [5.74, 6) is 0.771. The van der Waals surface area contributed by atoms with Crippen LogP contribution in [-0.2, 0) is 4.79 Å². The highest BCUT2D eigenvalue weighted by Gasteiger charge is 2.05. The first-order valence-electron chi connectivity index (χ1n) is 7.45. The van der Waals surface area contributed by atoms with Gasteiger partial charge in [0, 0.05) is 4.47 Å². The summed E-state index contributed by atoms with van der Waals surface area (Å²) in [4.78, 5) is 11.8. The van der Waals surface area contributed by atoms with E-state index in [0.29, 0.717) is 11.7 Å². The Balaban J connectivity index is 1.82. The molecule has 2 rings (SSSR count). The number of rotatable bonds is 6. The molecular formula is C18H18Br2N2O2. The Bertz CT molecular complexity index is 728. The smallest absolute Gasteiger partial charge is 0.277 e. The molecule has 0 fully saturated rings. The molecular weight excluding hydrogens is 436 g/mol. The van der Waals surface area contributed by atoms with Gasteiger partial charge in [-0.05, 0) is 51.2 Å². The third-order valence-corrected chi connectivity index (χ3v) is 4.37. The minimum Gasteiger partial charge on any atom is -0.483 e. The lowest BCUT2D eigenvalue weighted by Crippen LogP contribution is -2.24. The summed E-state index contributed by atoms with van der Waals surface area (Å²) in [7, 11) is 0. The van der Waals surface area contributed by atoms with Crippen LogP contribution in [0.5, 0.6) is 5.75 Å². The van der Waals surface area contributed by atoms with Crippen molar-refractivity contribution >= 4 is 44.0 Å².